The number of hydrogen-bond acceptors (Lipinski definition) is 4. The number of amides is 2. The maximum absolute atomic E-state index is 13.4. The molecule has 1 aliphatic rings. The van der Waals surface area contributed by atoms with E-state index in [0.29, 0.717) is 25.2 Å². The van der Waals surface area contributed by atoms with Crippen molar-refractivity contribution in [2.24, 2.45) is 5.92 Å². The summed E-state index contributed by atoms with van der Waals surface area (Å²) in [7, 11) is 1.64. The van der Waals surface area contributed by atoms with Gasteiger partial charge in [-0.1, -0.05) is 57.0 Å². The monoisotopic (exact) mass is 523 g/mol. The highest BCUT2D eigenvalue weighted by molar-refractivity contribution is 5.94. The Morgan fingerprint density at radius 2 is 1.76 bits per heavy atom. The molecule has 206 valence electrons. The van der Waals surface area contributed by atoms with Gasteiger partial charge in [0, 0.05) is 62.9 Å². The first kappa shape index (κ1) is 29.4. The highest BCUT2D eigenvalue weighted by Crippen LogP contribution is 2.19. The molecule has 0 N–H and O–H groups in total. The molecule has 0 aliphatic carbocycles. The third-order valence-electron chi connectivity index (χ3n) is 7.26. The fraction of sp³-hybridized carbons (Fsp3) is 0.484. The van der Waals surface area contributed by atoms with Crippen molar-refractivity contribution in [1.29, 1.82) is 0 Å². The third-order valence-corrected chi connectivity index (χ3v) is 7.26. The largest absolute Gasteiger partial charge is 0.496 e. The molecular formula is C31H42FN3O3. The molecule has 0 aromatic heterocycles. The lowest BCUT2D eigenvalue weighted by atomic mass is 9.97. The smallest absolute Gasteiger partial charge is 0.254 e. The molecule has 2 amide bonds. The molecule has 0 radical (unpaired) electrons. The van der Waals surface area contributed by atoms with Gasteiger partial charge in [-0.25, -0.2) is 4.39 Å². The lowest BCUT2D eigenvalue weighted by Crippen LogP contribution is -2.51. The minimum Gasteiger partial charge on any atom is -0.496 e. The molecule has 1 saturated heterocycles. The van der Waals surface area contributed by atoms with Crippen LogP contribution in [0.1, 0.15) is 55.5 Å². The van der Waals surface area contributed by atoms with Crippen LogP contribution in [0.25, 0.3) is 6.08 Å². The molecule has 2 aromatic rings. The average Bonchev–Trinajstić information content (AvgIpc) is 2.95. The normalized spacial score (nSPS) is 15.0. The molecule has 1 atom stereocenters. The summed E-state index contributed by atoms with van der Waals surface area (Å²) in [6.45, 7) is 8.97. The van der Waals surface area contributed by atoms with Gasteiger partial charge in [-0.15, -0.1) is 0 Å². The first-order valence-electron chi connectivity index (χ1n) is 13.8. The van der Waals surface area contributed by atoms with Gasteiger partial charge in [0.2, 0.25) is 5.91 Å². The fourth-order valence-electron chi connectivity index (χ4n) is 4.83. The standard InChI is InChI=1S/C31H42FN3O3/c1-4-6-10-25(5-2)30(36)35-23-20-33(21-24-35)19-22-34(31(37)27-14-16-28(32)17-15-27)18-9-12-26-11-7-8-13-29(26)38-3/h7-9,11-17,25H,4-6,10,18-24H2,1-3H3. The maximum atomic E-state index is 13.4. The highest BCUT2D eigenvalue weighted by atomic mass is 19.1. The fourth-order valence-corrected chi connectivity index (χ4v) is 4.83. The van der Waals surface area contributed by atoms with Crippen LogP contribution in [0.15, 0.2) is 54.6 Å². The van der Waals surface area contributed by atoms with Gasteiger partial charge in [-0.2, -0.15) is 0 Å². The first-order chi connectivity index (χ1) is 18.5. The number of halogens is 1. The summed E-state index contributed by atoms with van der Waals surface area (Å²) in [5.74, 6) is 0.685. The van der Waals surface area contributed by atoms with Crippen molar-refractivity contribution in [3.63, 3.8) is 0 Å². The summed E-state index contributed by atoms with van der Waals surface area (Å²) in [5, 5.41) is 0. The SMILES string of the molecule is CCCCC(CC)C(=O)N1CCN(CCN(CC=Cc2ccccc2OC)C(=O)c2ccc(F)cc2)CC1. The minimum atomic E-state index is -0.364. The van der Waals surface area contributed by atoms with Crippen LogP contribution in [0.5, 0.6) is 5.75 Å². The summed E-state index contributed by atoms with van der Waals surface area (Å²) in [4.78, 5) is 32.4. The van der Waals surface area contributed by atoms with Gasteiger partial charge in [-0.3, -0.25) is 14.5 Å². The van der Waals surface area contributed by atoms with Gasteiger partial charge in [0.25, 0.3) is 5.91 Å². The zero-order chi connectivity index (χ0) is 27.3. The molecule has 1 heterocycles. The lowest BCUT2D eigenvalue weighted by Gasteiger charge is -2.37. The van der Waals surface area contributed by atoms with Gasteiger partial charge in [0.1, 0.15) is 11.6 Å². The number of benzene rings is 2. The topological polar surface area (TPSA) is 53.1 Å². The molecule has 6 nitrogen and oxygen atoms in total. The van der Waals surface area contributed by atoms with Crippen LogP contribution < -0.4 is 4.74 Å². The van der Waals surface area contributed by atoms with E-state index in [4.69, 9.17) is 4.74 Å². The maximum Gasteiger partial charge on any atom is 0.254 e. The van der Waals surface area contributed by atoms with E-state index >= 15 is 0 Å². The van der Waals surface area contributed by atoms with E-state index in [-0.39, 0.29) is 23.5 Å². The molecule has 1 unspecified atom stereocenters. The number of para-hydroxylation sites is 1. The van der Waals surface area contributed by atoms with Crippen molar-refractivity contribution in [2.75, 3.05) is 52.9 Å². The summed E-state index contributed by atoms with van der Waals surface area (Å²) in [6.07, 6.45) is 7.97. The zero-order valence-electron chi connectivity index (χ0n) is 23.1. The first-order valence-corrected chi connectivity index (χ1v) is 13.8. The van der Waals surface area contributed by atoms with E-state index in [1.54, 1.807) is 12.0 Å². The molecule has 1 fully saturated rings. The Balaban J connectivity index is 1.60. The molecule has 3 rings (SSSR count). The number of rotatable bonds is 13. The number of hydrogen-bond donors (Lipinski definition) is 0. The van der Waals surface area contributed by atoms with Crippen molar-refractivity contribution >= 4 is 17.9 Å². The highest BCUT2D eigenvalue weighted by Gasteiger charge is 2.26. The quantitative estimate of drug-likeness (QED) is 0.355. The van der Waals surface area contributed by atoms with E-state index < -0.39 is 0 Å². The van der Waals surface area contributed by atoms with Crippen molar-refractivity contribution in [3.05, 3.63) is 71.6 Å². The van der Waals surface area contributed by atoms with Crippen LogP contribution in [0.4, 0.5) is 4.39 Å². The summed E-state index contributed by atoms with van der Waals surface area (Å²) in [5.41, 5.74) is 1.40. The van der Waals surface area contributed by atoms with E-state index in [9.17, 15) is 14.0 Å². The molecule has 7 heteroatoms. The number of ether oxygens (including phenoxy) is 1. The number of piperazine rings is 1. The predicted octanol–water partition coefficient (Wildman–Crippen LogP) is 5.35. The third kappa shape index (κ3) is 8.42. The second kappa shape index (κ2) is 15.3. The number of unbranched alkanes of at least 4 members (excludes halogenated alkanes) is 1. The van der Waals surface area contributed by atoms with Crippen LogP contribution >= 0.6 is 0 Å². The molecule has 1 aliphatic heterocycles. The van der Waals surface area contributed by atoms with Gasteiger partial charge in [0.15, 0.2) is 0 Å². The van der Waals surface area contributed by atoms with Crippen molar-refractivity contribution in [1.82, 2.24) is 14.7 Å². The predicted molar refractivity (Wildman–Crippen MR) is 151 cm³/mol. The van der Waals surface area contributed by atoms with E-state index in [1.807, 2.05) is 41.3 Å². The Kier molecular flexibility index (Phi) is 11.8. The van der Waals surface area contributed by atoms with Crippen LogP contribution in [0.3, 0.4) is 0 Å². The Labute approximate surface area is 227 Å². The molecule has 38 heavy (non-hydrogen) atoms. The molecular weight excluding hydrogens is 481 g/mol. The van der Waals surface area contributed by atoms with E-state index in [0.717, 1.165) is 63.2 Å². The van der Waals surface area contributed by atoms with Gasteiger partial charge >= 0.3 is 0 Å². The molecule has 2 aromatic carbocycles. The lowest BCUT2D eigenvalue weighted by molar-refractivity contribution is -0.137. The Morgan fingerprint density at radius 3 is 2.42 bits per heavy atom. The van der Waals surface area contributed by atoms with Gasteiger partial charge in [-0.05, 0) is 43.2 Å². The minimum absolute atomic E-state index is 0.125. The second-order valence-corrected chi connectivity index (χ2v) is 9.82. The van der Waals surface area contributed by atoms with E-state index in [2.05, 4.69) is 18.7 Å². The Morgan fingerprint density at radius 1 is 1.05 bits per heavy atom. The van der Waals surface area contributed by atoms with Crippen molar-refractivity contribution in [3.8, 4) is 5.75 Å². The van der Waals surface area contributed by atoms with Gasteiger partial charge in [0.05, 0.1) is 7.11 Å². The number of carbonyl (C=O) groups excluding carboxylic acids is 2. The van der Waals surface area contributed by atoms with Crippen LogP contribution in [0.2, 0.25) is 0 Å². The van der Waals surface area contributed by atoms with Gasteiger partial charge < -0.3 is 14.5 Å². The molecule has 0 saturated carbocycles. The summed E-state index contributed by atoms with van der Waals surface area (Å²) < 4.78 is 18.9. The second-order valence-electron chi connectivity index (χ2n) is 9.82. The Hall–Kier alpha value is -3.19. The summed E-state index contributed by atoms with van der Waals surface area (Å²) >= 11 is 0. The zero-order valence-corrected chi connectivity index (χ0v) is 23.1. The van der Waals surface area contributed by atoms with Crippen LogP contribution in [-0.4, -0.2) is 79.4 Å². The summed E-state index contributed by atoms with van der Waals surface area (Å²) in [6, 6.07) is 13.4. The number of carbonyl (C=O) groups is 2. The van der Waals surface area contributed by atoms with Crippen LogP contribution in [0, 0.1) is 11.7 Å². The molecule has 0 spiro atoms. The van der Waals surface area contributed by atoms with E-state index in [1.165, 1.54) is 24.3 Å². The Bertz CT molecular complexity index is 1050. The van der Waals surface area contributed by atoms with Crippen molar-refractivity contribution < 1.29 is 18.7 Å². The van der Waals surface area contributed by atoms with Crippen LogP contribution in [-0.2, 0) is 4.79 Å². The number of methoxy groups -OCH3 is 1. The average molecular weight is 524 g/mol. The van der Waals surface area contributed by atoms with Crippen molar-refractivity contribution in [2.45, 2.75) is 39.5 Å². The number of nitrogens with zero attached hydrogens (tertiary/aromatic N) is 3. The molecule has 0 bridgehead atoms.